The fourth-order valence-electron chi connectivity index (χ4n) is 2.12. The molecule has 78 valence electrons. The summed E-state index contributed by atoms with van der Waals surface area (Å²) in [5.41, 5.74) is 6.99. The maximum Gasteiger partial charge on any atom is 0.249 e. The first-order chi connectivity index (χ1) is 7.77. The van der Waals surface area contributed by atoms with Crippen molar-refractivity contribution in [3.8, 4) is 0 Å². The van der Waals surface area contributed by atoms with Gasteiger partial charge in [-0.25, -0.2) is 0 Å². The number of aromatic amines is 1. The van der Waals surface area contributed by atoms with E-state index in [4.69, 9.17) is 5.73 Å². The second-order valence-electron chi connectivity index (χ2n) is 3.77. The van der Waals surface area contributed by atoms with Gasteiger partial charge in [0.1, 0.15) is 0 Å². The van der Waals surface area contributed by atoms with Gasteiger partial charge in [0, 0.05) is 22.7 Å². The van der Waals surface area contributed by atoms with Gasteiger partial charge >= 0.3 is 0 Å². The van der Waals surface area contributed by atoms with Crippen molar-refractivity contribution in [2.24, 2.45) is 5.73 Å². The SMILES string of the molecule is NC(=O)c1cccc2c1ccc1[nH]ccc12. The number of hydrogen-bond acceptors (Lipinski definition) is 1. The van der Waals surface area contributed by atoms with Crippen LogP contribution in [0.2, 0.25) is 0 Å². The molecule has 3 aromatic rings. The summed E-state index contributed by atoms with van der Waals surface area (Å²) in [5.74, 6) is -0.388. The van der Waals surface area contributed by atoms with Crippen LogP contribution in [0, 0.1) is 0 Å². The Hall–Kier alpha value is -2.29. The lowest BCUT2D eigenvalue weighted by Gasteiger charge is -2.03. The molecule has 0 fully saturated rings. The fraction of sp³-hybridized carbons (Fsp3) is 0. The highest BCUT2D eigenvalue weighted by Gasteiger charge is 2.08. The molecule has 16 heavy (non-hydrogen) atoms. The highest BCUT2D eigenvalue weighted by atomic mass is 16.1. The predicted octanol–water partition coefficient (Wildman–Crippen LogP) is 2.42. The Kier molecular flexibility index (Phi) is 1.74. The Balaban J connectivity index is 2.53. The lowest BCUT2D eigenvalue weighted by atomic mass is 10.0. The molecule has 0 aliphatic heterocycles. The van der Waals surface area contributed by atoms with E-state index in [1.165, 1.54) is 0 Å². The predicted molar refractivity (Wildman–Crippen MR) is 64.3 cm³/mol. The number of H-pyrrole nitrogens is 1. The van der Waals surface area contributed by atoms with E-state index in [-0.39, 0.29) is 5.91 Å². The summed E-state index contributed by atoms with van der Waals surface area (Å²) in [7, 11) is 0. The third-order valence-corrected chi connectivity index (χ3v) is 2.86. The summed E-state index contributed by atoms with van der Waals surface area (Å²) in [6.07, 6.45) is 1.89. The maximum atomic E-state index is 11.3. The number of amides is 1. The number of benzene rings is 2. The molecule has 0 bridgehead atoms. The van der Waals surface area contributed by atoms with Crippen molar-refractivity contribution in [1.29, 1.82) is 0 Å². The van der Waals surface area contributed by atoms with Gasteiger partial charge in [0.2, 0.25) is 5.91 Å². The Morgan fingerprint density at radius 2 is 1.88 bits per heavy atom. The van der Waals surface area contributed by atoms with Crippen molar-refractivity contribution in [3.05, 3.63) is 48.2 Å². The van der Waals surface area contributed by atoms with Gasteiger partial charge in [-0.2, -0.15) is 0 Å². The second kappa shape index (κ2) is 3.10. The van der Waals surface area contributed by atoms with Crippen molar-refractivity contribution in [3.63, 3.8) is 0 Å². The van der Waals surface area contributed by atoms with Crippen LogP contribution in [-0.2, 0) is 0 Å². The largest absolute Gasteiger partial charge is 0.366 e. The summed E-state index contributed by atoms with van der Waals surface area (Å²) in [4.78, 5) is 14.4. The van der Waals surface area contributed by atoms with Crippen LogP contribution in [0.25, 0.3) is 21.7 Å². The molecule has 0 aliphatic carbocycles. The molecule has 3 N–H and O–H groups in total. The van der Waals surface area contributed by atoms with Crippen molar-refractivity contribution >= 4 is 27.6 Å². The van der Waals surface area contributed by atoms with Crippen LogP contribution in [-0.4, -0.2) is 10.9 Å². The Bertz CT molecular complexity index is 697. The highest BCUT2D eigenvalue weighted by molar-refractivity contribution is 6.14. The number of nitrogens with two attached hydrogens (primary N) is 1. The van der Waals surface area contributed by atoms with E-state index < -0.39 is 0 Å². The van der Waals surface area contributed by atoms with E-state index in [9.17, 15) is 4.79 Å². The Morgan fingerprint density at radius 3 is 2.69 bits per heavy atom. The number of rotatable bonds is 1. The van der Waals surface area contributed by atoms with Gasteiger partial charge in [-0.15, -0.1) is 0 Å². The summed E-state index contributed by atoms with van der Waals surface area (Å²) < 4.78 is 0. The molecular formula is C13H10N2O. The zero-order chi connectivity index (χ0) is 11.1. The number of carbonyl (C=O) groups is 1. The second-order valence-corrected chi connectivity index (χ2v) is 3.77. The minimum absolute atomic E-state index is 0.388. The van der Waals surface area contributed by atoms with Crippen LogP contribution in [0.15, 0.2) is 42.6 Å². The summed E-state index contributed by atoms with van der Waals surface area (Å²) in [5, 5.41) is 3.07. The molecule has 3 heteroatoms. The minimum Gasteiger partial charge on any atom is -0.366 e. The van der Waals surface area contributed by atoms with E-state index in [1.807, 2.05) is 36.5 Å². The molecular weight excluding hydrogens is 200 g/mol. The molecule has 0 radical (unpaired) electrons. The standard InChI is InChI=1S/C13H10N2O/c14-13(16)11-3-1-2-8-9(11)4-5-12-10(8)6-7-15-12/h1-7,15H,(H2,14,16). The number of nitrogens with one attached hydrogen (secondary N) is 1. The topological polar surface area (TPSA) is 58.9 Å². The van der Waals surface area contributed by atoms with E-state index in [0.29, 0.717) is 5.56 Å². The van der Waals surface area contributed by atoms with Crippen molar-refractivity contribution in [2.45, 2.75) is 0 Å². The molecule has 1 aromatic heterocycles. The van der Waals surface area contributed by atoms with Gasteiger partial charge in [0.15, 0.2) is 0 Å². The van der Waals surface area contributed by atoms with Gasteiger partial charge in [0.05, 0.1) is 0 Å². The lowest BCUT2D eigenvalue weighted by Crippen LogP contribution is -2.11. The van der Waals surface area contributed by atoms with E-state index in [2.05, 4.69) is 4.98 Å². The van der Waals surface area contributed by atoms with Gasteiger partial charge in [-0.1, -0.05) is 18.2 Å². The number of carbonyl (C=O) groups excluding carboxylic acids is 1. The van der Waals surface area contributed by atoms with Crippen LogP contribution in [0.3, 0.4) is 0 Å². The quantitative estimate of drug-likeness (QED) is 0.636. The molecule has 2 aromatic carbocycles. The third-order valence-electron chi connectivity index (χ3n) is 2.86. The molecule has 1 heterocycles. The average Bonchev–Trinajstić information content (AvgIpc) is 2.76. The number of fused-ring (bicyclic) bond motifs is 3. The molecule has 3 rings (SSSR count). The third kappa shape index (κ3) is 1.11. The smallest absolute Gasteiger partial charge is 0.249 e. The lowest BCUT2D eigenvalue weighted by molar-refractivity contribution is 0.100. The van der Waals surface area contributed by atoms with Gasteiger partial charge < -0.3 is 10.7 Å². The van der Waals surface area contributed by atoms with Gasteiger partial charge in [-0.05, 0) is 29.0 Å². The Morgan fingerprint density at radius 1 is 1.00 bits per heavy atom. The minimum atomic E-state index is -0.388. The number of hydrogen-bond donors (Lipinski definition) is 2. The molecule has 0 saturated carbocycles. The molecule has 0 unspecified atom stereocenters. The first kappa shape index (κ1) is 8.97. The normalized spacial score (nSPS) is 11.0. The van der Waals surface area contributed by atoms with Crippen LogP contribution in [0.4, 0.5) is 0 Å². The van der Waals surface area contributed by atoms with E-state index in [1.54, 1.807) is 6.07 Å². The molecule has 3 nitrogen and oxygen atoms in total. The zero-order valence-corrected chi connectivity index (χ0v) is 8.53. The number of primary amides is 1. The first-order valence-corrected chi connectivity index (χ1v) is 5.06. The Labute approximate surface area is 91.9 Å². The van der Waals surface area contributed by atoms with Gasteiger partial charge in [-0.3, -0.25) is 4.79 Å². The van der Waals surface area contributed by atoms with Crippen molar-refractivity contribution in [1.82, 2.24) is 4.98 Å². The average molecular weight is 210 g/mol. The van der Waals surface area contributed by atoms with Crippen LogP contribution in [0.1, 0.15) is 10.4 Å². The summed E-state index contributed by atoms with van der Waals surface area (Å²) >= 11 is 0. The first-order valence-electron chi connectivity index (χ1n) is 5.06. The molecule has 0 saturated heterocycles. The zero-order valence-electron chi connectivity index (χ0n) is 8.53. The van der Waals surface area contributed by atoms with Gasteiger partial charge in [0.25, 0.3) is 0 Å². The van der Waals surface area contributed by atoms with Crippen molar-refractivity contribution < 1.29 is 4.79 Å². The van der Waals surface area contributed by atoms with Crippen LogP contribution >= 0.6 is 0 Å². The molecule has 1 amide bonds. The monoisotopic (exact) mass is 210 g/mol. The maximum absolute atomic E-state index is 11.3. The van der Waals surface area contributed by atoms with E-state index in [0.717, 1.165) is 21.7 Å². The summed E-state index contributed by atoms with van der Waals surface area (Å²) in [6, 6.07) is 11.5. The summed E-state index contributed by atoms with van der Waals surface area (Å²) in [6.45, 7) is 0. The molecule has 0 aliphatic rings. The van der Waals surface area contributed by atoms with Crippen LogP contribution in [0.5, 0.6) is 0 Å². The number of aromatic nitrogens is 1. The van der Waals surface area contributed by atoms with Crippen molar-refractivity contribution in [2.75, 3.05) is 0 Å². The van der Waals surface area contributed by atoms with E-state index >= 15 is 0 Å². The van der Waals surface area contributed by atoms with Crippen LogP contribution < -0.4 is 5.73 Å². The molecule has 0 atom stereocenters. The highest BCUT2D eigenvalue weighted by Crippen LogP contribution is 2.26. The fourth-order valence-corrected chi connectivity index (χ4v) is 2.12. The molecule has 0 spiro atoms.